The smallest absolute Gasteiger partial charge is 0.0622 e. The highest BCUT2D eigenvalue weighted by Crippen LogP contribution is 2.58. The van der Waals surface area contributed by atoms with Crippen LogP contribution in [0.25, 0.3) is 65.7 Å². The van der Waals surface area contributed by atoms with Crippen LogP contribution in [0.1, 0.15) is 22.3 Å². The van der Waals surface area contributed by atoms with E-state index in [1.807, 2.05) is 0 Å². The van der Waals surface area contributed by atoms with Gasteiger partial charge in [-0.2, -0.15) is 0 Å². The molecule has 9 aromatic carbocycles. The molecule has 0 saturated heterocycles. The maximum Gasteiger partial charge on any atom is 0.0719 e. The maximum absolute atomic E-state index is 2.43. The fourth-order valence-electron chi connectivity index (χ4n) is 8.79. The molecule has 1 aliphatic rings. The second-order valence-electron chi connectivity index (χ2n) is 13.2. The van der Waals surface area contributed by atoms with Gasteiger partial charge in [0.2, 0.25) is 0 Å². The Morgan fingerprint density at radius 2 is 0.796 bits per heavy atom. The molecule has 0 atom stereocenters. The average molecular weight is 621 g/mol. The van der Waals surface area contributed by atoms with Crippen molar-refractivity contribution in [2.45, 2.75) is 5.41 Å². The molecule has 0 N–H and O–H groups in total. The van der Waals surface area contributed by atoms with Gasteiger partial charge in [-0.1, -0.05) is 188 Å². The van der Waals surface area contributed by atoms with Crippen molar-refractivity contribution in [3.8, 4) is 33.4 Å². The summed E-state index contributed by atoms with van der Waals surface area (Å²) in [5.74, 6) is 0. The molecule has 0 heterocycles. The van der Waals surface area contributed by atoms with Gasteiger partial charge < -0.3 is 0 Å². The third-order valence-electron chi connectivity index (χ3n) is 10.7. The van der Waals surface area contributed by atoms with Gasteiger partial charge in [0.1, 0.15) is 0 Å². The molecule has 0 nitrogen and oxygen atoms in total. The lowest BCUT2D eigenvalue weighted by molar-refractivity contribution is 0.775. The summed E-state index contributed by atoms with van der Waals surface area (Å²) in [4.78, 5) is 0. The summed E-state index contributed by atoms with van der Waals surface area (Å²) in [6.45, 7) is 0. The largest absolute Gasteiger partial charge is 0.0719 e. The summed E-state index contributed by atoms with van der Waals surface area (Å²) in [5, 5.41) is 7.64. The molecular weight excluding hydrogens is 589 g/mol. The Labute approximate surface area is 286 Å². The summed E-state index contributed by atoms with van der Waals surface area (Å²) in [7, 11) is 0. The summed E-state index contributed by atoms with van der Waals surface area (Å²) in [6, 6.07) is 71.7. The molecule has 1 aliphatic carbocycles. The Bertz CT molecular complexity index is 2590. The maximum atomic E-state index is 2.43. The Hall–Kier alpha value is -6.24. The minimum Gasteiger partial charge on any atom is -0.0622 e. The first-order valence-corrected chi connectivity index (χ1v) is 17.1. The first-order chi connectivity index (χ1) is 24.3. The molecule has 0 amide bonds. The van der Waals surface area contributed by atoms with E-state index in [4.69, 9.17) is 0 Å². The van der Waals surface area contributed by atoms with Crippen molar-refractivity contribution in [3.63, 3.8) is 0 Å². The van der Waals surface area contributed by atoms with Crippen LogP contribution in [0.3, 0.4) is 0 Å². The Kier molecular flexibility index (Phi) is 6.19. The van der Waals surface area contributed by atoms with Crippen molar-refractivity contribution in [2.24, 2.45) is 0 Å². The van der Waals surface area contributed by atoms with E-state index < -0.39 is 5.41 Å². The molecule has 0 aliphatic heterocycles. The lowest BCUT2D eigenvalue weighted by atomic mass is 9.66. The third-order valence-corrected chi connectivity index (χ3v) is 10.7. The van der Waals surface area contributed by atoms with Crippen LogP contribution in [-0.4, -0.2) is 0 Å². The van der Waals surface area contributed by atoms with Gasteiger partial charge in [0.25, 0.3) is 0 Å². The molecule has 49 heavy (non-hydrogen) atoms. The van der Waals surface area contributed by atoms with Crippen LogP contribution in [0, 0.1) is 0 Å². The third kappa shape index (κ3) is 3.98. The molecule has 0 aromatic heterocycles. The van der Waals surface area contributed by atoms with Crippen molar-refractivity contribution in [1.82, 2.24) is 0 Å². The van der Waals surface area contributed by atoms with Crippen LogP contribution < -0.4 is 0 Å². The van der Waals surface area contributed by atoms with E-state index in [9.17, 15) is 0 Å². The number of benzene rings is 9. The standard InChI is InChI=1S/C49H32/c1-4-16-33(17-5-1)46-40-23-10-12-25-42(40)47(43-26-13-11-24-41(43)46)35-29-30-38-34(32-35)28-31-44-39-22-14-15-27-45(39)49(48(38)44,36-18-6-2-7-19-36)37-20-8-3-9-21-37/h1-32H. The van der Waals surface area contributed by atoms with Gasteiger partial charge >= 0.3 is 0 Å². The van der Waals surface area contributed by atoms with Gasteiger partial charge in [-0.05, 0) is 94.0 Å². The highest BCUT2D eigenvalue weighted by Gasteiger charge is 2.46. The fraction of sp³-hybridized carbons (Fsp3) is 0.0204. The monoisotopic (exact) mass is 620 g/mol. The average Bonchev–Trinajstić information content (AvgIpc) is 3.49. The summed E-state index contributed by atoms with van der Waals surface area (Å²) < 4.78 is 0. The van der Waals surface area contributed by atoms with E-state index in [2.05, 4.69) is 194 Å². The van der Waals surface area contributed by atoms with Gasteiger partial charge in [-0.15, -0.1) is 0 Å². The lowest BCUT2D eigenvalue weighted by Crippen LogP contribution is -2.28. The van der Waals surface area contributed by atoms with E-state index in [1.54, 1.807) is 0 Å². The van der Waals surface area contributed by atoms with Crippen molar-refractivity contribution < 1.29 is 0 Å². The molecule has 0 spiro atoms. The topological polar surface area (TPSA) is 0 Å². The molecule has 0 heteroatoms. The highest BCUT2D eigenvalue weighted by atomic mass is 14.5. The van der Waals surface area contributed by atoms with Gasteiger partial charge in [0.05, 0.1) is 5.41 Å². The van der Waals surface area contributed by atoms with E-state index in [1.165, 1.54) is 88.0 Å². The summed E-state index contributed by atoms with van der Waals surface area (Å²) in [6.07, 6.45) is 0. The number of hydrogen-bond donors (Lipinski definition) is 0. The number of rotatable bonds is 4. The van der Waals surface area contributed by atoms with Crippen LogP contribution in [0.4, 0.5) is 0 Å². The van der Waals surface area contributed by atoms with Crippen LogP contribution in [0.5, 0.6) is 0 Å². The predicted octanol–water partition coefficient (Wildman–Crippen LogP) is 12.8. The molecule has 9 aromatic rings. The van der Waals surface area contributed by atoms with E-state index in [0.29, 0.717) is 0 Å². The number of fused-ring (bicyclic) bond motifs is 7. The van der Waals surface area contributed by atoms with Gasteiger partial charge in [-0.25, -0.2) is 0 Å². The summed E-state index contributed by atoms with van der Waals surface area (Å²) in [5.41, 5.74) is 12.5. The lowest BCUT2D eigenvalue weighted by Gasteiger charge is -2.34. The van der Waals surface area contributed by atoms with E-state index in [0.717, 1.165) is 0 Å². The van der Waals surface area contributed by atoms with Gasteiger partial charge in [0, 0.05) is 0 Å². The molecule has 10 rings (SSSR count). The normalized spacial score (nSPS) is 13.1. The van der Waals surface area contributed by atoms with Crippen LogP contribution in [0.2, 0.25) is 0 Å². The van der Waals surface area contributed by atoms with Gasteiger partial charge in [0.15, 0.2) is 0 Å². The van der Waals surface area contributed by atoms with Gasteiger partial charge in [-0.3, -0.25) is 0 Å². The second-order valence-corrected chi connectivity index (χ2v) is 13.2. The van der Waals surface area contributed by atoms with Crippen LogP contribution in [0.15, 0.2) is 194 Å². The zero-order valence-corrected chi connectivity index (χ0v) is 27.0. The highest BCUT2D eigenvalue weighted by molar-refractivity contribution is 6.21. The SMILES string of the molecule is c1ccc(-c2c3ccccc3c(-c3ccc4c5c(ccc4c3)-c3ccccc3C5(c3ccccc3)c3ccccc3)c3ccccc23)cc1. The molecular formula is C49H32. The quantitative estimate of drug-likeness (QED) is 0.172. The Morgan fingerprint density at radius 1 is 0.306 bits per heavy atom. The van der Waals surface area contributed by atoms with Crippen LogP contribution in [-0.2, 0) is 5.41 Å². The van der Waals surface area contributed by atoms with Crippen molar-refractivity contribution in [2.75, 3.05) is 0 Å². The minimum atomic E-state index is -0.438. The Morgan fingerprint density at radius 3 is 1.39 bits per heavy atom. The number of hydrogen-bond acceptors (Lipinski definition) is 0. The molecule has 0 saturated carbocycles. The molecule has 228 valence electrons. The zero-order chi connectivity index (χ0) is 32.4. The molecule has 0 unspecified atom stereocenters. The predicted molar refractivity (Wildman–Crippen MR) is 207 cm³/mol. The first-order valence-electron chi connectivity index (χ1n) is 17.1. The van der Waals surface area contributed by atoms with Crippen LogP contribution >= 0.6 is 0 Å². The van der Waals surface area contributed by atoms with Crippen molar-refractivity contribution >= 4 is 32.3 Å². The Balaban J connectivity index is 1.29. The summed E-state index contributed by atoms with van der Waals surface area (Å²) >= 11 is 0. The zero-order valence-electron chi connectivity index (χ0n) is 27.0. The van der Waals surface area contributed by atoms with E-state index >= 15 is 0 Å². The van der Waals surface area contributed by atoms with Crippen molar-refractivity contribution in [3.05, 3.63) is 216 Å². The van der Waals surface area contributed by atoms with Crippen molar-refractivity contribution in [1.29, 1.82) is 0 Å². The minimum absolute atomic E-state index is 0.438. The van der Waals surface area contributed by atoms with E-state index in [-0.39, 0.29) is 0 Å². The second kappa shape index (κ2) is 10.9. The first kappa shape index (κ1) is 27.8. The molecule has 0 radical (unpaired) electrons. The molecule has 0 bridgehead atoms. The fourth-order valence-corrected chi connectivity index (χ4v) is 8.79. The molecule has 0 fully saturated rings.